The normalized spacial score (nSPS) is 10.9. The van der Waals surface area contributed by atoms with Gasteiger partial charge >= 0.3 is 0 Å². The van der Waals surface area contributed by atoms with Crippen LogP contribution in [0.4, 0.5) is 11.5 Å². The van der Waals surface area contributed by atoms with Crippen molar-refractivity contribution in [2.45, 2.75) is 20.3 Å². The molecular weight excluding hydrogens is 216 g/mol. The Morgan fingerprint density at radius 1 is 1.59 bits per heavy atom. The van der Waals surface area contributed by atoms with Crippen LogP contribution in [0.3, 0.4) is 0 Å². The summed E-state index contributed by atoms with van der Waals surface area (Å²) in [6.07, 6.45) is 2.21. The Hall–Kier alpha value is -1.80. The SMILES string of the molecule is CC(C)(CCO)CNc1ncc(N)cc1C#N. The molecule has 5 nitrogen and oxygen atoms in total. The Kier molecular flexibility index (Phi) is 4.30. The van der Waals surface area contributed by atoms with Crippen LogP contribution in [-0.2, 0) is 0 Å². The van der Waals surface area contributed by atoms with Gasteiger partial charge < -0.3 is 16.2 Å². The van der Waals surface area contributed by atoms with E-state index < -0.39 is 0 Å². The first-order chi connectivity index (χ1) is 7.98. The molecule has 1 aromatic rings. The Morgan fingerprint density at radius 3 is 2.88 bits per heavy atom. The van der Waals surface area contributed by atoms with Crippen LogP contribution < -0.4 is 11.1 Å². The van der Waals surface area contributed by atoms with Crippen LogP contribution in [0.25, 0.3) is 0 Å². The van der Waals surface area contributed by atoms with E-state index in [1.165, 1.54) is 6.20 Å². The van der Waals surface area contributed by atoms with Crippen LogP contribution in [0.2, 0.25) is 0 Å². The predicted molar refractivity (Wildman–Crippen MR) is 67.3 cm³/mol. The van der Waals surface area contributed by atoms with E-state index in [9.17, 15) is 0 Å². The van der Waals surface area contributed by atoms with E-state index in [0.717, 1.165) is 0 Å². The second kappa shape index (κ2) is 5.51. The molecule has 17 heavy (non-hydrogen) atoms. The van der Waals surface area contributed by atoms with E-state index in [-0.39, 0.29) is 12.0 Å². The van der Waals surface area contributed by atoms with Gasteiger partial charge in [0.1, 0.15) is 11.9 Å². The van der Waals surface area contributed by atoms with Crippen molar-refractivity contribution >= 4 is 11.5 Å². The summed E-state index contributed by atoms with van der Waals surface area (Å²) in [5.41, 5.74) is 6.42. The van der Waals surface area contributed by atoms with Crippen molar-refractivity contribution in [1.29, 1.82) is 5.26 Å². The molecule has 0 aliphatic heterocycles. The number of aliphatic hydroxyl groups excluding tert-OH is 1. The third-order valence-corrected chi connectivity index (χ3v) is 2.55. The molecule has 0 bridgehead atoms. The predicted octanol–water partition coefficient (Wildman–Crippen LogP) is 1.36. The van der Waals surface area contributed by atoms with Gasteiger partial charge in [0, 0.05) is 13.2 Å². The van der Waals surface area contributed by atoms with E-state index in [1.54, 1.807) is 6.07 Å². The number of anilines is 2. The molecule has 1 heterocycles. The average molecular weight is 234 g/mol. The van der Waals surface area contributed by atoms with Crippen LogP contribution in [0.1, 0.15) is 25.8 Å². The van der Waals surface area contributed by atoms with E-state index in [1.807, 2.05) is 13.8 Å². The fourth-order valence-corrected chi connectivity index (χ4v) is 1.42. The van der Waals surface area contributed by atoms with E-state index in [4.69, 9.17) is 16.1 Å². The number of aliphatic hydroxyl groups is 1. The number of nitriles is 1. The minimum Gasteiger partial charge on any atom is -0.397 e. The largest absolute Gasteiger partial charge is 0.397 e. The quantitative estimate of drug-likeness (QED) is 0.715. The van der Waals surface area contributed by atoms with E-state index in [2.05, 4.69) is 16.4 Å². The molecule has 92 valence electrons. The van der Waals surface area contributed by atoms with Crippen molar-refractivity contribution in [3.8, 4) is 6.07 Å². The lowest BCUT2D eigenvalue weighted by atomic mass is 9.90. The third-order valence-electron chi connectivity index (χ3n) is 2.55. The zero-order valence-electron chi connectivity index (χ0n) is 10.2. The van der Waals surface area contributed by atoms with Gasteiger partial charge in [-0.15, -0.1) is 0 Å². The maximum absolute atomic E-state index is 8.95. The first-order valence-corrected chi connectivity index (χ1v) is 5.49. The minimum absolute atomic E-state index is 0.0510. The molecule has 0 fully saturated rings. The number of nitrogens with two attached hydrogens (primary N) is 1. The molecule has 0 aliphatic rings. The van der Waals surface area contributed by atoms with Crippen molar-refractivity contribution in [1.82, 2.24) is 4.98 Å². The fraction of sp³-hybridized carbons (Fsp3) is 0.500. The summed E-state index contributed by atoms with van der Waals surface area (Å²) in [5, 5.41) is 21.0. The third kappa shape index (κ3) is 3.93. The minimum atomic E-state index is -0.0510. The molecule has 1 rings (SSSR count). The second-order valence-electron chi connectivity index (χ2n) is 4.77. The van der Waals surface area contributed by atoms with Crippen LogP contribution >= 0.6 is 0 Å². The monoisotopic (exact) mass is 234 g/mol. The van der Waals surface area contributed by atoms with E-state index >= 15 is 0 Å². The number of rotatable bonds is 5. The molecule has 1 aromatic heterocycles. The summed E-state index contributed by atoms with van der Waals surface area (Å²) in [6.45, 7) is 4.87. The summed E-state index contributed by atoms with van der Waals surface area (Å²) in [7, 11) is 0. The summed E-state index contributed by atoms with van der Waals surface area (Å²) in [6, 6.07) is 3.64. The first kappa shape index (κ1) is 13.3. The topological polar surface area (TPSA) is 95.0 Å². The highest BCUT2D eigenvalue weighted by molar-refractivity contribution is 5.57. The zero-order chi connectivity index (χ0) is 12.9. The highest BCUT2D eigenvalue weighted by Gasteiger charge is 2.17. The van der Waals surface area contributed by atoms with Gasteiger partial charge in [-0.2, -0.15) is 5.26 Å². The summed E-state index contributed by atoms with van der Waals surface area (Å²) >= 11 is 0. The van der Waals surface area contributed by atoms with E-state index in [0.29, 0.717) is 30.0 Å². The molecular formula is C12H18N4O. The second-order valence-corrected chi connectivity index (χ2v) is 4.77. The number of nitrogen functional groups attached to an aromatic ring is 1. The van der Waals surface area contributed by atoms with Gasteiger partial charge in [0.05, 0.1) is 17.4 Å². The fourth-order valence-electron chi connectivity index (χ4n) is 1.42. The molecule has 0 saturated carbocycles. The Bertz CT molecular complexity index is 423. The molecule has 0 spiro atoms. The van der Waals surface area contributed by atoms with Crippen LogP contribution in [0.5, 0.6) is 0 Å². The number of nitrogens with zero attached hydrogens (tertiary/aromatic N) is 2. The molecule has 0 aliphatic carbocycles. The lowest BCUT2D eigenvalue weighted by Crippen LogP contribution is -2.25. The Balaban J connectivity index is 2.73. The average Bonchev–Trinajstić information content (AvgIpc) is 2.27. The van der Waals surface area contributed by atoms with Gasteiger partial charge in [0.2, 0.25) is 0 Å². The molecule has 0 aromatic carbocycles. The summed E-state index contributed by atoms with van der Waals surface area (Å²) < 4.78 is 0. The van der Waals surface area contributed by atoms with Gasteiger partial charge in [-0.3, -0.25) is 0 Å². The smallest absolute Gasteiger partial charge is 0.144 e. The van der Waals surface area contributed by atoms with Crippen molar-refractivity contribution in [3.63, 3.8) is 0 Å². The molecule has 0 atom stereocenters. The van der Waals surface area contributed by atoms with Crippen molar-refractivity contribution in [2.75, 3.05) is 24.2 Å². The maximum atomic E-state index is 8.95. The van der Waals surface area contributed by atoms with Gasteiger partial charge in [-0.25, -0.2) is 4.98 Å². The highest BCUT2D eigenvalue weighted by atomic mass is 16.3. The Labute approximate surface area is 101 Å². The molecule has 0 radical (unpaired) electrons. The molecule has 4 N–H and O–H groups in total. The molecule has 5 heteroatoms. The molecule has 0 amide bonds. The van der Waals surface area contributed by atoms with Crippen LogP contribution in [0, 0.1) is 16.7 Å². The van der Waals surface area contributed by atoms with Crippen molar-refractivity contribution < 1.29 is 5.11 Å². The van der Waals surface area contributed by atoms with Gasteiger partial charge in [-0.05, 0) is 17.9 Å². The first-order valence-electron chi connectivity index (χ1n) is 5.49. The standard InChI is InChI=1S/C12H18N4O/c1-12(2,3-4-17)8-16-11-9(6-13)5-10(14)7-15-11/h5,7,17H,3-4,8,14H2,1-2H3,(H,15,16). The van der Waals surface area contributed by atoms with Crippen LogP contribution in [0.15, 0.2) is 12.3 Å². The highest BCUT2D eigenvalue weighted by Crippen LogP contribution is 2.21. The Morgan fingerprint density at radius 2 is 2.29 bits per heavy atom. The molecule has 0 unspecified atom stereocenters. The van der Waals surface area contributed by atoms with Crippen molar-refractivity contribution in [3.05, 3.63) is 17.8 Å². The maximum Gasteiger partial charge on any atom is 0.144 e. The zero-order valence-corrected chi connectivity index (χ0v) is 10.2. The molecule has 0 saturated heterocycles. The van der Waals surface area contributed by atoms with Gasteiger partial charge in [-0.1, -0.05) is 13.8 Å². The van der Waals surface area contributed by atoms with Crippen LogP contribution in [-0.4, -0.2) is 23.2 Å². The number of aromatic nitrogens is 1. The number of pyridine rings is 1. The van der Waals surface area contributed by atoms with Gasteiger partial charge in [0.15, 0.2) is 0 Å². The number of hydrogen-bond donors (Lipinski definition) is 3. The lowest BCUT2D eigenvalue weighted by molar-refractivity contribution is 0.220. The number of hydrogen-bond acceptors (Lipinski definition) is 5. The van der Waals surface area contributed by atoms with Crippen molar-refractivity contribution in [2.24, 2.45) is 5.41 Å². The number of nitrogens with one attached hydrogen (secondary N) is 1. The lowest BCUT2D eigenvalue weighted by Gasteiger charge is -2.24. The van der Waals surface area contributed by atoms with Gasteiger partial charge in [0.25, 0.3) is 0 Å². The summed E-state index contributed by atoms with van der Waals surface area (Å²) in [4.78, 5) is 4.09. The summed E-state index contributed by atoms with van der Waals surface area (Å²) in [5.74, 6) is 0.535.